The van der Waals surface area contributed by atoms with Crippen LogP contribution < -0.4 is 5.73 Å². The van der Waals surface area contributed by atoms with Crippen LogP contribution in [0.5, 0.6) is 0 Å². The summed E-state index contributed by atoms with van der Waals surface area (Å²) in [7, 11) is 0. The Balaban J connectivity index is 2.62. The van der Waals surface area contributed by atoms with Gasteiger partial charge in [0.05, 0.1) is 0 Å². The zero-order valence-electron chi connectivity index (χ0n) is 10.6. The fraction of sp³-hybridized carbons (Fsp3) is 0.467. The van der Waals surface area contributed by atoms with Gasteiger partial charge in [-0.25, -0.2) is 0 Å². The van der Waals surface area contributed by atoms with E-state index in [-0.39, 0.29) is 5.41 Å². The summed E-state index contributed by atoms with van der Waals surface area (Å²) in [6, 6.07) is 0. The molecule has 2 aliphatic rings. The summed E-state index contributed by atoms with van der Waals surface area (Å²) in [5.41, 5.74) is 9.96. The first kappa shape index (κ1) is 11.3. The summed E-state index contributed by atoms with van der Waals surface area (Å²) in [5, 5.41) is 0. The van der Waals surface area contributed by atoms with Gasteiger partial charge in [0.1, 0.15) is 0 Å². The second kappa shape index (κ2) is 3.65. The van der Waals surface area contributed by atoms with E-state index < -0.39 is 0 Å². The van der Waals surface area contributed by atoms with Crippen LogP contribution in [0.15, 0.2) is 47.2 Å². The third kappa shape index (κ3) is 1.38. The zero-order chi connectivity index (χ0) is 11.9. The molecule has 0 spiro atoms. The third-order valence-electron chi connectivity index (χ3n) is 3.97. The van der Waals surface area contributed by atoms with Gasteiger partial charge in [0.25, 0.3) is 0 Å². The lowest BCUT2D eigenvalue weighted by atomic mass is 9.75. The Morgan fingerprint density at radius 3 is 2.50 bits per heavy atom. The lowest BCUT2D eigenvalue weighted by Gasteiger charge is -2.29. The number of fused-ring (bicyclic) bond motifs is 1. The van der Waals surface area contributed by atoms with E-state index in [4.69, 9.17) is 5.73 Å². The van der Waals surface area contributed by atoms with Gasteiger partial charge in [-0.05, 0) is 36.3 Å². The van der Waals surface area contributed by atoms with E-state index in [1.165, 1.54) is 11.1 Å². The zero-order valence-corrected chi connectivity index (χ0v) is 10.6. The maximum absolute atomic E-state index is 6.08. The number of hydrogen-bond acceptors (Lipinski definition) is 1. The quantitative estimate of drug-likeness (QED) is 0.657. The Hall–Kier alpha value is -1.24. The van der Waals surface area contributed by atoms with Gasteiger partial charge in [-0.15, -0.1) is 0 Å². The average molecular weight is 215 g/mol. The highest BCUT2D eigenvalue weighted by Crippen LogP contribution is 2.56. The van der Waals surface area contributed by atoms with Crippen LogP contribution >= 0.6 is 0 Å². The second-order valence-corrected chi connectivity index (χ2v) is 5.35. The van der Waals surface area contributed by atoms with Crippen LogP contribution in [0.3, 0.4) is 0 Å². The number of nitrogens with two attached hydrogens (primary N) is 1. The molecule has 1 heteroatoms. The third-order valence-corrected chi connectivity index (χ3v) is 3.97. The van der Waals surface area contributed by atoms with E-state index in [0.717, 1.165) is 5.70 Å². The van der Waals surface area contributed by atoms with Crippen molar-refractivity contribution in [2.75, 3.05) is 0 Å². The molecule has 2 N–H and O–H groups in total. The molecular weight excluding hydrogens is 194 g/mol. The van der Waals surface area contributed by atoms with Gasteiger partial charge in [-0.1, -0.05) is 44.2 Å². The van der Waals surface area contributed by atoms with Gasteiger partial charge >= 0.3 is 0 Å². The molecular formula is C15H21N. The summed E-state index contributed by atoms with van der Waals surface area (Å²) in [6.07, 6.45) is 11.2. The van der Waals surface area contributed by atoms with Gasteiger partial charge in [-0.3, -0.25) is 0 Å². The molecule has 1 nitrogen and oxygen atoms in total. The Labute approximate surface area is 98.4 Å². The smallest absolute Gasteiger partial charge is 0.00927 e. The summed E-state index contributed by atoms with van der Waals surface area (Å²) < 4.78 is 0. The van der Waals surface area contributed by atoms with Crippen molar-refractivity contribution in [1.29, 1.82) is 0 Å². The normalized spacial score (nSPS) is 36.6. The van der Waals surface area contributed by atoms with Crippen LogP contribution in [0, 0.1) is 17.3 Å². The molecule has 0 bridgehead atoms. The van der Waals surface area contributed by atoms with E-state index >= 15 is 0 Å². The summed E-state index contributed by atoms with van der Waals surface area (Å²) in [5.74, 6) is 1.07. The highest BCUT2D eigenvalue weighted by molar-refractivity contribution is 5.50. The molecule has 2 rings (SSSR count). The van der Waals surface area contributed by atoms with Crippen molar-refractivity contribution in [1.82, 2.24) is 0 Å². The van der Waals surface area contributed by atoms with E-state index in [2.05, 4.69) is 51.2 Å². The molecule has 0 saturated heterocycles. The van der Waals surface area contributed by atoms with Gasteiger partial charge in [0.2, 0.25) is 0 Å². The standard InChI is InChI=1S/C15H21N/c1-5-11-12-8-6-7-9-13(12)15(3,4)14(11)10(2)16/h5-9,12-13H,16H2,1-4H3/b11-5?,14-10-. The lowest BCUT2D eigenvalue weighted by molar-refractivity contribution is 0.331. The van der Waals surface area contributed by atoms with Crippen molar-refractivity contribution in [3.05, 3.63) is 47.2 Å². The van der Waals surface area contributed by atoms with Crippen molar-refractivity contribution in [3.63, 3.8) is 0 Å². The molecule has 0 aromatic heterocycles. The number of rotatable bonds is 0. The molecule has 86 valence electrons. The van der Waals surface area contributed by atoms with Crippen LogP contribution in [0.25, 0.3) is 0 Å². The first-order chi connectivity index (χ1) is 7.50. The van der Waals surface area contributed by atoms with Crippen molar-refractivity contribution in [3.8, 4) is 0 Å². The van der Waals surface area contributed by atoms with Crippen molar-refractivity contribution in [2.45, 2.75) is 27.7 Å². The molecule has 16 heavy (non-hydrogen) atoms. The molecule has 0 heterocycles. The van der Waals surface area contributed by atoms with E-state index in [1.807, 2.05) is 6.92 Å². The molecule has 0 aliphatic heterocycles. The fourth-order valence-corrected chi connectivity index (χ4v) is 3.37. The average Bonchev–Trinajstić information content (AvgIpc) is 2.47. The summed E-state index contributed by atoms with van der Waals surface area (Å²) in [6.45, 7) is 8.74. The van der Waals surface area contributed by atoms with Gasteiger partial charge < -0.3 is 5.73 Å². The minimum atomic E-state index is 0.145. The first-order valence-corrected chi connectivity index (χ1v) is 5.98. The monoisotopic (exact) mass is 215 g/mol. The Kier molecular flexibility index (Phi) is 2.57. The molecule has 1 fully saturated rings. The molecule has 0 aromatic carbocycles. The highest BCUT2D eigenvalue weighted by atomic mass is 14.6. The molecule has 2 aliphatic carbocycles. The van der Waals surface area contributed by atoms with E-state index in [0.29, 0.717) is 11.8 Å². The lowest BCUT2D eigenvalue weighted by Crippen LogP contribution is -2.22. The van der Waals surface area contributed by atoms with Crippen molar-refractivity contribution < 1.29 is 0 Å². The van der Waals surface area contributed by atoms with Crippen molar-refractivity contribution in [2.24, 2.45) is 23.0 Å². The molecule has 0 aromatic rings. The SMILES string of the molecule is CC=C1/C(=C(\C)N)C(C)(C)C2C=CC=CC12. The summed E-state index contributed by atoms with van der Waals surface area (Å²) >= 11 is 0. The van der Waals surface area contributed by atoms with Gasteiger partial charge in [0, 0.05) is 11.6 Å². The van der Waals surface area contributed by atoms with Gasteiger partial charge in [0.15, 0.2) is 0 Å². The van der Waals surface area contributed by atoms with Gasteiger partial charge in [-0.2, -0.15) is 0 Å². The molecule has 1 saturated carbocycles. The minimum Gasteiger partial charge on any atom is -0.402 e. The van der Waals surface area contributed by atoms with Crippen LogP contribution in [0.4, 0.5) is 0 Å². The second-order valence-electron chi connectivity index (χ2n) is 5.35. The maximum atomic E-state index is 6.08. The van der Waals surface area contributed by atoms with Crippen molar-refractivity contribution >= 4 is 0 Å². The van der Waals surface area contributed by atoms with Crippen LogP contribution in [-0.4, -0.2) is 0 Å². The predicted molar refractivity (Wildman–Crippen MR) is 69.7 cm³/mol. The van der Waals surface area contributed by atoms with Crippen LogP contribution in [-0.2, 0) is 0 Å². The largest absolute Gasteiger partial charge is 0.402 e. The first-order valence-electron chi connectivity index (χ1n) is 5.98. The summed E-state index contributed by atoms with van der Waals surface area (Å²) in [4.78, 5) is 0. The number of hydrogen-bond donors (Lipinski definition) is 1. The number of allylic oxidation sites excluding steroid dienone is 8. The predicted octanol–water partition coefficient (Wildman–Crippen LogP) is 3.56. The maximum Gasteiger partial charge on any atom is 0.00927 e. The Morgan fingerprint density at radius 1 is 1.31 bits per heavy atom. The van der Waals surface area contributed by atoms with Crippen LogP contribution in [0.1, 0.15) is 27.7 Å². The van der Waals surface area contributed by atoms with E-state index in [1.54, 1.807) is 0 Å². The topological polar surface area (TPSA) is 26.0 Å². The minimum absolute atomic E-state index is 0.145. The fourth-order valence-electron chi connectivity index (χ4n) is 3.37. The molecule has 2 atom stereocenters. The van der Waals surface area contributed by atoms with E-state index in [9.17, 15) is 0 Å². The molecule has 2 unspecified atom stereocenters. The molecule has 0 radical (unpaired) electrons. The molecule has 0 amide bonds. The Bertz CT molecular complexity index is 415. The Morgan fingerprint density at radius 2 is 1.94 bits per heavy atom. The van der Waals surface area contributed by atoms with Crippen LogP contribution in [0.2, 0.25) is 0 Å². The highest BCUT2D eigenvalue weighted by Gasteiger charge is 2.47.